The number of phenolic OH excluding ortho intramolecular Hbond substituents is 2. The average Bonchev–Trinajstić information content (AvgIpc) is 3.78. The first-order chi connectivity index (χ1) is 28.4. The van der Waals surface area contributed by atoms with Crippen LogP contribution in [0.4, 0.5) is 0 Å². The van der Waals surface area contributed by atoms with Crippen LogP contribution in [-0.2, 0) is 12.8 Å². The number of hydrogen-bond acceptors (Lipinski definition) is 2. The van der Waals surface area contributed by atoms with E-state index in [1.807, 2.05) is 48.5 Å². The molecule has 0 saturated heterocycles. The minimum atomic E-state index is 0. The number of aromatic hydroxyl groups is 2. The molecular formula is C54H44N2O2U. The summed E-state index contributed by atoms with van der Waals surface area (Å²) in [5, 5.41) is 27.6. The van der Waals surface area contributed by atoms with Crippen molar-refractivity contribution in [3.05, 3.63) is 206 Å². The Morgan fingerprint density at radius 3 is 1.00 bits per heavy atom. The van der Waals surface area contributed by atoms with Crippen molar-refractivity contribution in [1.82, 2.24) is 9.13 Å². The summed E-state index contributed by atoms with van der Waals surface area (Å²) in [5.41, 5.74) is 14.2. The van der Waals surface area contributed by atoms with E-state index in [1.165, 1.54) is 21.5 Å². The Hall–Kier alpha value is -5.99. The fraction of sp³-hybridized carbons (Fsp3) is 0.0741. The summed E-state index contributed by atoms with van der Waals surface area (Å²) in [6.07, 6.45) is 1.35. The van der Waals surface area contributed by atoms with Crippen LogP contribution < -0.4 is 0 Å². The molecule has 0 atom stereocenters. The predicted octanol–water partition coefficient (Wildman–Crippen LogP) is 13.7. The fourth-order valence-electron chi connectivity index (χ4n) is 8.64. The van der Waals surface area contributed by atoms with Crippen molar-refractivity contribution in [3.63, 3.8) is 0 Å². The van der Waals surface area contributed by atoms with Gasteiger partial charge in [0.25, 0.3) is 0 Å². The van der Waals surface area contributed by atoms with Gasteiger partial charge in [-0.3, -0.25) is 0 Å². The van der Waals surface area contributed by atoms with Gasteiger partial charge in [0.15, 0.2) is 0 Å². The predicted molar refractivity (Wildman–Crippen MR) is 243 cm³/mol. The van der Waals surface area contributed by atoms with E-state index < -0.39 is 0 Å². The summed E-state index contributed by atoms with van der Waals surface area (Å²) >= 11 is 0. The standard InChI is InChI=1S/2C27H22NO.U/c2*1-3-19-10-4-5-11-20(19)23-16-18(2)17-26(27(23)29)28-24-14-8-6-12-21(24)22-13-7-9-15-25(22)28;/h2*4-17,29H,1,3H2,2H3;/q2*-1;+2. The van der Waals surface area contributed by atoms with Gasteiger partial charge in [-0.1, -0.05) is 132 Å². The summed E-state index contributed by atoms with van der Waals surface area (Å²) in [7, 11) is 0. The molecule has 5 heteroatoms. The molecule has 0 bridgehead atoms. The molecular weight excluding hydrogens is 947 g/mol. The minimum Gasteiger partial charge on any atom is -0.505 e. The summed E-state index contributed by atoms with van der Waals surface area (Å²) < 4.78 is 4.34. The van der Waals surface area contributed by atoms with Gasteiger partial charge in [0.05, 0.1) is 33.4 Å². The van der Waals surface area contributed by atoms with Gasteiger partial charge in [0.2, 0.25) is 0 Å². The minimum absolute atomic E-state index is 0. The first-order valence-corrected chi connectivity index (χ1v) is 19.8. The second-order valence-corrected chi connectivity index (χ2v) is 14.9. The third kappa shape index (κ3) is 7.03. The van der Waals surface area contributed by atoms with Crippen molar-refractivity contribution in [1.29, 1.82) is 0 Å². The second kappa shape index (κ2) is 16.7. The van der Waals surface area contributed by atoms with Crippen molar-refractivity contribution in [2.45, 2.75) is 26.7 Å². The Bertz CT molecular complexity index is 2830. The number of aromatic nitrogens is 2. The molecule has 0 aliphatic rings. The van der Waals surface area contributed by atoms with Crippen LogP contribution in [0.15, 0.2) is 170 Å². The van der Waals surface area contributed by atoms with E-state index in [-0.39, 0.29) is 31.1 Å². The number of para-hydroxylation sites is 4. The Morgan fingerprint density at radius 2 is 0.678 bits per heavy atom. The van der Waals surface area contributed by atoms with E-state index in [0.29, 0.717) is 24.3 Å². The van der Waals surface area contributed by atoms with Gasteiger partial charge in [-0.15, -0.1) is 0 Å². The van der Waals surface area contributed by atoms with E-state index in [9.17, 15) is 10.2 Å². The molecule has 4 nitrogen and oxygen atoms in total. The molecule has 0 aliphatic heterocycles. The zero-order valence-electron chi connectivity index (χ0n) is 33.3. The van der Waals surface area contributed by atoms with Crippen LogP contribution in [0.25, 0.3) is 77.2 Å². The van der Waals surface area contributed by atoms with Crippen LogP contribution in [0.3, 0.4) is 0 Å². The van der Waals surface area contributed by atoms with Crippen LogP contribution in [0.5, 0.6) is 11.5 Å². The van der Waals surface area contributed by atoms with Gasteiger partial charge >= 0.3 is 31.1 Å². The zero-order chi connectivity index (χ0) is 39.9. The molecule has 0 radical (unpaired) electrons. The molecule has 2 aromatic heterocycles. The third-order valence-electron chi connectivity index (χ3n) is 11.3. The molecule has 8 aromatic carbocycles. The molecule has 10 aromatic rings. The van der Waals surface area contributed by atoms with Crippen LogP contribution in [0.2, 0.25) is 0 Å². The SMILES string of the molecule is [CH2-]Cc1ccccc1-c1cc(C)cc(-n2c3ccccc3c3ccccc32)c1O.[CH2-]Cc1ccccc1-c1cc(C)cc(-n2c3ccccc3c3ccccc32)c1O.[U+2]. The first kappa shape index (κ1) is 39.8. The second-order valence-electron chi connectivity index (χ2n) is 14.9. The summed E-state index contributed by atoms with van der Waals surface area (Å²) in [4.78, 5) is 0. The van der Waals surface area contributed by atoms with Gasteiger partial charge in [0.1, 0.15) is 11.5 Å². The Kier molecular flexibility index (Phi) is 11.3. The third-order valence-corrected chi connectivity index (χ3v) is 11.3. The monoisotopic (exact) mass is 990 g/mol. The maximum absolute atomic E-state index is 11.4. The number of hydrogen-bond donors (Lipinski definition) is 2. The van der Waals surface area contributed by atoms with Crippen molar-refractivity contribution < 1.29 is 41.3 Å². The van der Waals surface area contributed by atoms with Crippen LogP contribution in [0.1, 0.15) is 22.3 Å². The Labute approximate surface area is 369 Å². The van der Waals surface area contributed by atoms with Gasteiger partial charge < -0.3 is 33.2 Å². The maximum atomic E-state index is 11.4. The van der Waals surface area contributed by atoms with Crippen LogP contribution >= 0.6 is 0 Å². The van der Waals surface area contributed by atoms with Gasteiger partial charge in [-0.05, 0) is 84.6 Å². The largest absolute Gasteiger partial charge is 2.00 e. The zero-order valence-corrected chi connectivity index (χ0v) is 37.4. The van der Waals surface area contributed by atoms with Gasteiger partial charge in [-0.2, -0.15) is 12.8 Å². The average molecular weight is 991 g/mol. The maximum Gasteiger partial charge on any atom is 2.00 e. The molecule has 0 fully saturated rings. The molecule has 286 valence electrons. The van der Waals surface area contributed by atoms with E-state index in [0.717, 1.165) is 77.9 Å². The number of aryl methyl sites for hydroxylation is 2. The Morgan fingerprint density at radius 1 is 0.390 bits per heavy atom. The molecule has 0 amide bonds. The molecule has 0 saturated carbocycles. The summed E-state index contributed by atoms with van der Waals surface area (Å²) in [6, 6.07) is 58.0. The van der Waals surface area contributed by atoms with E-state index >= 15 is 0 Å². The summed E-state index contributed by atoms with van der Waals surface area (Å²) in [5.74, 6) is 0.589. The molecule has 2 N–H and O–H groups in total. The van der Waals surface area contributed by atoms with E-state index in [4.69, 9.17) is 0 Å². The normalized spacial score (nSPS) is 11.2. The van der Waals surface area contributed by atoms with E-state index in [1.54, 1.807) is 0 Å². The number of phenols is 2. The van der Waals surface area contributed by atoms with Crippen molar-refractivity contribution in [2.75, 3.05) is 0 Å². The molecule has 59 heavy (non-hydrogen) atoms. The number of benzene rings is 8. The quantitative estimate of drug-likeness (QED) is 0.163. The van der Waals surface area contributed by atoms with Crippen molar-refractivity contribution >= 4 is 43.6 Å². The topological polar surface area (TPSA) is 50.3 Å². The van der Waals surface area contributed by atoms with Crippen molar-refractivity contribution in [2.24, 2.45) is 0 Å². The van der Waals surface area contributed by atoms with Crippen LogP contribution in [0, 0.1) is 58.8 Å². The number of rotatable bonds is 6. The number of fused-ring (bicyclic) bond motifs is 6. The summed E-state index contributed by atoms with van der Waals surface area (Å²) in [6.45, 7) is 12.3. The fourth-order valence-corrected chi connectivity index (χ4v) is 8.64. The Balaban J connectivity index is 0.000000161. The molecule has 10 rings (SSSR count). The van der Waals surface area contributed by atoms with Crippen LogP contribution in [-0.4, -0.2) is 19.3 Å². The molecule has 0 aliphatic carbocycles. The van der Waals surface area contributed by atoms with Gasteiger partial charge in [0, 0.05) is 32.7 Å². The molecule has 0 spiro atoms. The van der Waals surface area contributed by atoms with Gasteiger partial charge in [-0.25, -0.2) is 0 Å². The smallest absolute Gasteiger partial charge is 0.505 e. The molecule has 0 unspecified atom stereocenters. The number of nitrogens with zero attached hydrogens (tertiary/aromatic N) is 2. The van der Waals surface area contributed by atoms with Crippen molar-refractivity contribution in [3.8, 4) is 45.1 Å². The first-order valence-electron chi connectivity index (χ1n) is 19.8. The van der Waals surface area contributed by atoms with E-state index in [2.05, 4.69) is 158 Å². The molecule has 2 heterocycles.